The molecule has 1 unspecified atom stereocenters. The van der Waals surface area contributed by atoms with Crippen molar-refractivity contribution in [2.24, 2.45) is 0 Å². The lowest BCUT2D eigenvalue weighted by Crippen LogP contribution is -1.98. The van der Waals surface area contributed by atoms with E-state index >= 15 is 0 Å². The molecule has 0 aliphatic heterocycles. The summed E-state index contributed by atoms with van der Waals surface area (Å²) >= 11 is 5.91. The quantitative estimate of drug-likeness (QED) is 0.390. The average Bonchev–Trinajstić information content (AvgIpc) is 2.12. The summed E-state index contributed by atoms with van der Waals surface area (Å²) in [6.07, 6.45) is 7.49. The first kappa shape index (κ1) is 6.11. The van der Waals surface area contributed by atoms with Crippen LogP contribution in [0, 0.1) is 0 Å². The molecule has 1 aliphatic rings. The number of hydrogen-bond donors (Lipinski definition) is 0. The highest BCUT2D eigenvalue weighted by molar-refractivity contribution is 7.10. The zero-order valence-electron chi connectivity index (χ0n) is 4.89. The number of allylic oxidation sites excluding steroid dienone is 4. The molecule has 44 valence electrons. The molecule has 0 amide bonds. The largest absolute Gasteiger partial charge is 0.166 e. The third kappa shape index (κ3) is 1.23. The molecule has 8 heavy (non-hydrogen) atoms. The van der Waals surface area contributed by atoms with Gasteiger partial charge in [0.1, 0.15) is 0 Å². The maximum Gasteiger partial charge on any atom is 0.164 e. The SMILES string of the molecule is C[SiH](Cl)C1=CC=CC1. The van der Waals surface area contributed by atoms with E-state index < -0.39 is 8.11 Å². The van der Waals surface area contributed by atoms with Crippen LogP contribution in [0.2, 0.25) is 6.55 Å². The minimum absolute atomic E-state index is 0.952. The number of halogens is 1. The highest BCUT2D eigenvalue weighted by atomic mass is 35.6. The van der Waals surface area contributed by atoms with Crippen molar-refractivity contribution in [3.8, 4) is 0 Å². The van der Waals surface area contributed by atoms with Crippen molar-refractivity contribution in [2.45, 2.75) is 13.0 Å². The Morgan fingerprint density at radius 3 is 2.75 bits per heavy atom. The van der Waals surface area contributed by atoms with Gasteiger partial charge in [-0.3, -0.25) is 0 Å². The predicted molar refractivity (Wildman–Crippen MR) is 40.7 cm³/mol. The van der Waals surface area contributed by atoms with Crippen molar-refractivity contribution in [1.29, 1.82) is 0 Å². The Hall–Kier alpha value is -0.0131. The Bertz CT molecular complexity index is 135. The summed E-state index contributed by atoms with van der Waals surface area (Å²) in [5, 5.41) is 1.46. The van der Waals surface area contributed by atoms with Gasteiger partial charge < -0.3 is 0 Å². The van der Waals surface area contributed by atoms with Gasteiger partial charge in [-0.15, -0.1) is 0 Å². The fraction of sp³-hybridized carbons (Fsp3) is 0.333. The van der Waals surface area contributed by atoms with E-state index in [2.05, 4.69) is 24.8 Å². The van der Waals surface area contributed by atoms with Crippen LogP contribution >= 0.6 is 11.1 Å². The molecule has 0 heterocycles. The summed E-state index contributed by atoms with van der Waals surface area (Å²) in [4.78, 5) is 0. The summed E-state index contributed by atoms with van der Waals surface area (Å²) < 4.78 is 0. The molecule has 0 saturated carbocycles. The minimum atomic E-state index is -0.952. The first-order valence-electron chi connectivity index (χ1n) is 2.80. The Kier molecular flexibility index (Phi) is 1.92. The lowest BCUT2D eigenvalue weighted by Gasteiger charge is -1.97. The van der Waals surface area contributed by atoms with E-state index in [1.807, 2.05) is 0 Å². The third-order valence-corrected chi connectivity index (χ3v) is 3.60. The molecule has 0 bridgehead atoms. The van der Waals surface area contributed by atoms with Crippen molar-refractivity contribution in [3.63, 3.8) is 0 Å². The molecule has 0 nitrogen and oxygen atoms in total. The van der Waals surface area contributed by atoms with Crippen LogP contribution in [-0.2, 0) is 0 Å². The molecule has 0 aromatic carbocycles. The lowest BCUT2D eigenvalue weighted by molar-refractivity contribution is 1.39. The highest BCUT2D eigenvalue weighted by Crippen LogP contribution is 2.15. The van der Waals surface area contributed by atoms with Crippen LogP contribution in [0.3, 0.4) is 0 Å². The summed E-state index contributed by atoms with van der Waals surface area (Å²) in [5.74, 6) is 0. The molecule has 0 saturated heterocycles. The second-order valence-corrected chi connectivity index (χ2v) is 5.93. The summed E-state index contributed by atoms with van der Waals surface area (Å²) in [6.45, 7) is 2.14. The molecule has 0 N–H and O–H groups in total. The average molecular weight is 145 g/mol. The van der Waals surface area contributed by atoms with Gasteiger partial charge in [0, 0.05) is 0 Å². The molecule has 1 atom stereocenters. The molecule has 0 aromatic heterocycles. The summed E-state index contributed by atoms with van der Waals surface area (Å²) in [6, 6.07) is 0. The van der Waals surface area contributed by atoms with Crippen LogP contribution in [-0.4, -0.2) is 8.11 Å². The Morgan fingerprint density at radius 2 is 2.50 bits per heavy atom. The van der Waals surface area contributed by atoms with Crippen LogP contribution in [0.1, 0.15) is 6.42 Å². The first-order chi connectivity index (χ1) is 3.80. The maximum atomic E-state index is 5.91. The van der Waals surface area contributed by atoms with Crippen LogP contribution < -0.4 is 0 Å². The fourth-order valence-corrected chi connectivity index (χ4v) is 2.08. The van der Waals surface area contributed by atoms with E-state index in [-0.39, 0.29) is 0 Å². The third-order valence-electron chi connectivity index (χ3n) is 1.31. The molecule has 0 fully saturated rings. The fourth-order valence-electron chi connectivity index (χ4n) is 0.759. The van der Waals surface area contributed by atoms with Crippen molar-refractivity contribution in [2.75, 3.05) is 0 Å². The van der Waals surface area contributed by atoms with Crippen LogP contribution in [0.4, 0.5) is 0 Å². The van der Waals surface area contributed by atoms with E-state index in [4.69, 9.17) is 11.1 Å². The van der Waals surface area contributed by atoms with Crippen LogP contribution in [0.15, 0.2) is 23.4 Å². The van der Waals surface area contributed by atoms with Gasteiger partial charge in [0.15, 0.2) is 8.11 Å². The number of hydrogen-bond acceptors (Lipinski definition) is 0. The Balaban J connectivity index is 2.51. The maximum absolute atomic E-state index is 5.91. The van der Waals surface area contributed by atoms with Crippen LogP contribution in [0.25, 0.3) is 0 Å². The monoisotopic (exact) mass is 144 g/mol. The van der Waals surface area contributed by atoms with E-state index in [0.29, 0.717) is 0 Å². The van der Waals surface area contributed by atoms with Crippen molar-refractivity contribution in [3.05, 3.63) is 23.4 Å². The van der Waals surface area contributed by atoms with Gasteiger partial charge >= 0.3 is 0 Å². The standard InChI is InChI=1S/C6H9ClSi/c1-8(7)6-4-2-3-5-6/h2-4,8H,5H2,1H3. The lowest BCUT2D eigenvalue weighted by atomic mass is 10.5. The predicted octanol–water partition coefficient (Wildman–Crippen LogP) is 2.00. The smallest absolute Gasteiger partial charge is 0.164 e. The summed E-state index contributed by atoms with van der Waals surface area (Å²) in [7, 11) is -0.952. The van der Waals surface area contributed by atoms with E-state index in [1.165, 1.54) is 5.20 Å². The van der Waals surface area contributed by atoms with Gasteiger partial charge in [-0.1, -0.05) is 30.0 Å². The minimum Gasteiger partial charge on any atom is -0.166 e. The van der Waals surface area contributed by atoms with Crippen LogP contribution in [0.5, 0.6) is 0 Å². The van der Waals surface area contributed by atoms with E-state index in [1.54, 1.807) is 0 Å². The van der Waals surface area contributed by atoms with Crippen molar-refractivity contribution in [1.82, 2.24) is 0 Å². The van der Waals surface area contributed by atoms with Crippen molar-refractivity contribution >= 4 is 19.2 Å². The molecular weight excluding hydrogens is 136 g/mol. The van der Waals surface area contributed by atoms with E-state index in [9.17, 15) is 0 Å². The van der Waals surface area contributed by atoms with E-state index in [0.717, 1.165) is 6.42 Å². The second-order valence-electron chi connectivity index (χ2n) is 1.99. The molecule has 1 rings (SSSR count). The number of rotatable bonds is 1. The van der Waals surface area contributed by atoms with Gasteiger partial charge in [-0.05, 0) is 6.42 Å². The molecule has 0 aromatic rings. The van der Waals surface area contributed by atoms with Crippen molar-refractivity contribution < 1.29 is 0 Å². The molecule has 1 aliphatic carbocycles. The summed E-state index contributed by atoms with van der Waals surface area (Å²) in [5.41, 5.74) is 0. The molecule has 0 radical (unpaired) electrons. The zero-order valence-corrected chi connectivity index (χ0v) is 6.81. The molecular formula is C6H9ClSi. The van der Waals surface area contributed by atoms with Gasteiger partial charge in [0.25, 0.3) is 0 Å². The Morgan fingerprint density at radius 1 is 1.75 bits per heavy atom. The van der Waals surface area contributed by atoms with Gasteiger partial charge in [-0.2, -0.15) is 11.1 Å². The van der Waals surface area contributed by atoms with Gasteiger partial charge in [0.2, 0.25) is 0 Å². The zero-order chi connectivity index (χ0) is 5.98. The first-order valence-corrected chi connectivity index (χ1v) is 6.28. The normalized spacial score (nSPS) is 21.0. The van der Waals surface area contributed by atoms with Gasteiger partial charge in [0.05, 0.1) is 0 Å². The molecule has 0 spiro atoms. The van der Waals surface area contributed by atoms with Gasteiger partial charge in [-0.25, -0.2) is 0 Å². The molecule has 2 heteroatoms. The second kappa shape index (κ2) is 2.51. The topological polar surface area (TPSA) is 0 Å². The highest BCUT2D eigenvalue weighted by Gasteiger charge is 2.06. The Labute approximate surface area is 56.2 Å².